The van der Waals surface area contributed by atoms with Crippen LogP contribution in [0.25, 0.3) is 0 Å². The van der Waals surface area contributed by atoms with E-state index in [1.807, 2.05) is 6.08 Å². The molecule has 0 saturated heterocycles. The quantitative estimate of drug-likeness (QED) is 0.392. The maximum Gasteiger partial charge on any atom is -0.0161 e. The highest BCUT2D eigenvalue weighted by Crippen LogP contribution is 2.12. The third-order valence-electron chi connectivity index (χ3n) is 2.58. The van der Waals surface area contributed by atoms with Gasteiger partial charge in [0.05, 0.1) is 0 Å². The largest absolute Gasteiger partial charge is 0.0988 e. The zero-order chi connectivity index (χ0) is 11.7. The van der Waals surface area contributed by atoms with E-state index in [0.29, 0.717) is 0 Å². The summed E-state index contributed by atoms with van der Waals surface area (Å²) in [6.07, 6.45) is 11.4. The van der Waals surface area contributed by atoms with Gasteiger partial charge in [0.2, 0.25) is 0 Å². The summed E-state index contributed by atoms with van der Waals surface area (Å²) in [7, 11) is 0. The second-order valence-electron chi connectivity index (χ2n) is 4.72. The van der Waals surface area contributed by atoms with Crippen LogP contribution in [0.5, 0.6) is 0 Å². The van der Waals surface area contributed by atoms with Gasteiger partial charge in [-0.25, -0.2) is 0 Å². The van der Waals surface area contributed by atoms with Gasteiger partial charge in [0, 0.05) is 0 Å². The molecule has 0 heteroatoms. The lowest BCUT2D eigenvalue weighted by Gasteiger charge is -2.04. The molecule has 0 bridgehead atoms. The van der Waals surface area contributed by atoms with Crippen LogP contribution < -0.4 is 0 Å². The first-order chi connectivity index (χ1) is 7.06. The highest BCUT2D eigenvalue weighted by molar-refractivity contribution is 5.15. The van der Waals surface area contributed by atoms with Crippen molar-refractivity contribution in [2.45, 2.75) is 53.4 Å². The van der Waals surface area contributed by atoms with Gasteiger partial charge >= 0.3 is 0 Å². The first kappa shape index (κ1) is 14.2. The Balaban J connectivity index is 3.74. The molecule has 0 aliphatic rings. The minimum absolute atomic E-state index is 0.834. The van der Waals surface area contributed by atoms with Crippen molar-refractivity contribution in [3.8, 4) is 0 Å². The van der Waals surface area contributed by atoms with Crippen molar-refractivity contribution in [3.05, 3.63) is 36.0 Å². The molecule has 0 aromatic rings. The van der Waals surface area contributed by atoms with Crippen LogP contribution in [-0.2, 0) is 0 Å². The highest BCUT2D eigenvalue weighted by Gasteiger charge is 1.94. The van der Waals surface area contributed by atoms with Gasteiger partial charge in [-0.1, -0.05) is 56.2 Å². The van der Waals surface area contributed by atoms with E-state index in [-0.39, 0.29) is 0 Å². The third kappa shape index (κ3) is 9.52. The predicted octanol–water partition coefficient (Wildman–Crippen LogP) is 5.28. The lowest BCUT2D eigenvalue weighted by Crippen LogP contribution is -1.87. The summed E-state index contributed by atoms with van der Waals surface area (Å²) in [6, 6.07) is 0. The van der Waals surface area contributed by atoms with Gasteiger partial charge in [0.25, 0.3) is 0 Å². The summed E-state index contributed by atoms with van der Waals surface area (Å²) in [5.41, 5.74) is 2.78. The molecule has 15 heavy (non-hydrogen) atoms. The molecule has 0 radical (unpaired) electrons. The molecule has 0 aliphatic carbocycles. The Kier molecular flexibility index (Phi) is 8.08. The summed E-state index contributed by atoms with van der Waals surface area (Å²) in [5, 5.41) is 0. The Morgan fingerprint density at radius 1 is 1.20 bits per heavy atom. The maximum absolute atomic E-state index is 3.74. The van der Waals surface area contributed by atoms with Gasteiger partial charge in [-0.2, -0.15) is 0 Å². The van der Waals surface area contributed by atoms with Crippen molar-refractivity contribution in [2.24, 2.45) is 5.92 Å². The summed E-state index contributed by atoms with van der Waals surface area (Å²) < 4.78 is 0. The van der Waals surface area contributed by atoms with Gasteiger partial charge in [-0.3, -0.25) is 0 Å². The van der Waals surface area contributed by atoms with E-state index in [2.05, 4.69) is 46.4 Å². The Morgan fingerprint density at radius 3 is 2.40 bits per heavy atom. The Bertz CT molecular complexity index is 228. The number of allylic oxidation sites excluding steroid dienone is 5. The van der Waals surface area contributed by atoms with Crippen molar-refractivity contribution < 1.29 is 0 Å². The summed E-state index contributed by atoms with van der Waals surface area (Å²) in [4.78, 5) is 0. The Labute approximate surface area is 95.8 Å². The van der Waals surface area contributed by atoms with Crippen molar-refractivity contribution in [1.29, 1.82) is 0 Å². The average Bonchev–Trinajstić information content (AvgIpc) is 2.17. The zero-order valence-electron chi connectivity index (χ0n) is 10.8. The fourth-order valence-corrected chi connectivity index (χ4v) is 1.42. The van der Waals surface area contributed by atoms with E-state index >= 15 is 0 Å². The zero-order valence-corrected chi connectivity index (χ0v) is 10.8. The third-order valence-corrected chi connectivity index (χ3v) is 2.58. The highest BCUT2D eigenvalue weighted by atomic mass is 14.0. The van der Waals surface area contributed by atoms with E-state index in [0.717, 1.165) is 12.3 Å². The standard InChI is InChI=1S/C15H26/c1-6-14(4)10-8-12-15(5)11-7-9-13(2)3/h6,10,12-13H,1,7-9,11H2,2-5H3/b14-10-,15-12-. The minimum Gasteiger partial charge on any atom is -0.0988 e. The second kappa shape index (κ2) is 8.52. The molecular formula is C15H26. The van der Waals surface area contributed by atoms with Crippen molar-refractivity contribution >= 4 is 0 Å². The van der Waals surface area contributed by atoms with Crippen molar-refractivity contribution in [3.63, 3.8) is 0 Å². The van der Waals surface area contributed by atoms with Crippen LogP contribution in [0, 0.1) is 5.92 Å². The van der Waals surface area contributed by atoms with Crippen LogP contribution in [0.15, 0.2) is 36.0 Å². The lowest BCUT2D eigenvalue weighted by atomic mass is 10.0. The van der Waals surface area contributed by atoms with E-state index in [9.17, 15) is 0 Å². The number of hydrogen-bond donors (Lipinski definition) is 0. The molecule has 0 nitrogen and oxygen atoms in total. The molecule has 0 N–H and O–H groups in total. The SMILES string of the molecule is C=C/C(C)=C\C/C=C(/C)CCCC(C)C. The molecule has 0 atom stereocenters. The molecule has 0 aliphatic heterocycles. The van der Waals surface area contributed by atoms with Crippen LogP contribution in [0.2, 0.25) is 0 Å². The molecule has 0 fully saturated rings. The van der Waals surface area contributed by atoms with E-state index < -0.39 is 0 Å². The maximum atomic E-state index is 3.74. The first-order valence-electron chi connectivity index (χ1n) is 6.01. The van der Waals surface area contributed by atoms with Crippen LogP contribution in [-0.4, -0.2) is 0 Å². The van der Waals surface area contributed by atoms with Crippen LogP contribution in [0.4, 0.5) is 0 Å². The van der Waals surface area contributed by atoms with Gasteiger partial charge in [0.1, 0.15) is 0 Å². The Hall–Kier alpha value is -0.780. The molecular weight excluding hydrogens is 180 g/mol. The van der Waals surface area contributed by atoms with Crippen LogP contribution in [0.1, 0.15) is 53.4 Å². The molecule has 0 spiro atoms. The molecule has 0 amide bonds. The summed E-state index contributed by atoms with van der Waals surface area (Å²) in [5.74, 6) is 0.834. The fourth-order valence-electron chi connectivity index (χ4n) is 1.42. The van der Waals surface area contributed by atoms with Crippen molar-refractivity contribution in [2.75, 3.05) is 0 Å². The molecule has 0 heterocycles. The van der Waals surface area contributed by atoms with E-state index in [4.69, 9.17) is 0 Å². The predicted molar refractivity (Wildman–Crippen MR) is 71.0 cm³/mol. The molecule has 0 aromatic carbocycles. The smallest absolute Gasteiger partial charge is 0.0161 e. The van der Waals surface area contributed by atoms with Crippen LogP contribution in [0.3, 0.4) is 0 Å². The average molecular weight is 206 g/mol. The number of hydrogen-bond acceptors (Lipinski definition) is 0. The van der Waals surface area contributed by atoms with E-state index in [1.54, 1.807) is 0 Å². The molecule has 0 rings (SSSR count). The second-order valence-corrected chi connectivity index (χ2v) is 4.72. The lowest BCUT2D eigenvalue weighted by molar-refractivity contribution is 0.554. The first-order valence-corrected chi connectivity index (χ1v) is 6.01. The molecule has 0 aromatic heterocycles. The molecule has 0 saturated carbocycles. The van der Waals surface area contributed by atoms with Gasteiger partial charge in [-0.05, 0) is 39.0 Å². The van der Waals surface area contributed by atoms with Crippen LogP contribution >= 0.6 is 0 Å². The van der Waals surface area contributed by atoms with Gasteiger partial charge in [0.15, 0.2) is 0 Å². The fraction of sp³-hybridized carbons (Fsp3) is 0.600. The normalized spacial score (nSPS) is 13.4. The monoisotopic (exact) mass is 206 g/mol. The topological polar surface area (TPSA) is 0 Å². The van der Waals surface area contributed by atoms with E-state index in [1.165, 1.54) is 30.4 Å². The van der Waals surface area contributed by atoms with Crippen molar-refractivity contribution in [1.82, 2.24) is 0 Å². The number of rotatable bonds is 7. The molecule has 86 valence electrons. The summed E-state index contributed by atoms with van der Waals surface area (Å²) >= 11 is 0. The molecule has 0 unspecified atom stereocenters. The summed E-state index contributed by atoms with van der Waals surface area (Å²) in [6.45, 7) is 12.6. The van der Waals surface area contributed by atoms with Gasteiger partial charge < -0.3 is 0 Å². The Morgan fingerprint density at radius 2 is 1.87 bits per heavy atom. The minimum atomic E-state index is 0.834. The van der Waals surface area contributed by atoms with Gasteiger partial charge in [-0.15, -0.1) is 0 Å².